The molecule has 126 valence electrons. The third-order valence-electron chi connectivity index (χ3n) is 4.05. The molecule has 7 heteroatoms. The summed E-state index contributed by atoms with van der Waals surface area (Å²) in [6.45, 7) is 0.751. The first-order valence-corrected chi connectivity index (χ1v) is 9.05. The van der Waals surface area contributed by atoms with Crippen molar-refractivity contribution in [3.05, 3.63) is 54.4 Å². The molecule has 3 aromatic rings. The summed E-state index contributed by atoms with van der Waals surface area (Å²) in [4.78, 5) is 18.5. The van der Waals surface area contributed by atoms with Gasteiger partial charge in [-0.2, -0.15) is 0 Å². The van der Waals surface area contributed by atoms with E-state index in [1.165, 1.54) is 17.3 Å². The number of anilines is 1. The van der Waals surface area contributed by atoms with Crippen LogP contribution in [-0.2, 0) is 11.2 Å². The zero-order valence-corrected chi connectivity index (χ0v) is 14.3. The van der Waals surface area contributed by atoms with E-state index in [9.17, 15) is 4.79 Å². The van der Waals surface area contributed by atoms with Crippen LogP contribution in [0.4, 0.5) is 5.69 Å². The molecule has 0 aliphatic carbocycles. The van der Waals surface area contributed by atoms with Gasteiger partial charge in [0.2, 0.25) is 11.8 Å². The lowest BCUT2D eigenvalue weighted by Gasteiger charge is -2.29. The van der Waals surface area contributed by atoms with E-state index in [0.29, 0.717) is 11.1 Å². The molecule has 3 heterocycles. The maximum atomic E-state index is 12.6. The van der Waals surface area contributed by atoms with Gasteiger partial charge >= 0.3 is 0 Å². The highest BCUT2D eigenvalue weighted by Crippen LogP contribution is 2.28. The molecule has 1 aliphatic rings. The maximum Gasteiger partial charge on any atom is 0.277 e. The lowest BCUT2D eigenvalue weighted by atomic mass is 10.0. The third kappa shape index (κ3) is 3.41. The number of pyridine rings is 1. The lowest BCUT2D eigenvalue weighted by Crippen LogP contribution is -2.36. The van der Waals surface area contributed by atoms with Crippen molar-refractivity contribution in [2.75, 3.05) is 17.2 Å². The number of carbonyl (C=O) groups is 1. The highest BCUT2D eigenvalue weighted by Gasteiger charge is 2.22. The van der Waals surface area contributed by atoms with Crippen molar-refractivity contribution >= 4 is 23.4 Å². The number of thioether (sulfide) groups is 1. The SMILES string of the molecule is O=C(CSc1nnc(-c2cccnc2)o1)N1CCCc2ccccc21. The van der Waals surface area contributed by atoms with Gasteiger partial charge in [-0.05, 0) is 36.6 Å². The molecule has 0 N–H and O–H groups in total. The fraction of sp³-hybridized carbons (Fsp3) is 0.222. The van der Waals surface area contributed by atoms with E-state index in [2.05, 4.69) is 21.2 Å². The second kappa shape index (κ2) is 7.06. The molecule has 1 aliphatic heterocycles. The highest BCUT2D eigenvalue weighted by molar-refractivity contribution is 7.99. The average Bonchev–Trinajstić information content (AvgIpc) is 3.15. The van der Waals surface area contributed by atoms with Crippen molar-refractivity contribution in [3.8, 4) is 11.5 Å². The maximum absolute atomic E-state index is 12.6. The molecule has 0 radical (unpaired) electrons. The molecule has 1 aromatic carbocycles. The Bertz CT molecular complexity index is 882. The topological polar surface area (TPSA) is 72.1 Å². The van der Waals surface area contributed by atoms with E-state index in [1.54, 1.807) is 12.4 Å². The molecule has 0 spiro atoms. The van der Waals surface area contributed by atoms with Crippen molar-refractivity contribution < 1.29 is 9.21 Å². The molecule has 0 fully saturated rings. The summed E-state index contributed by atoms with van der Waals surface area (Å²) >= 11 is 1.26. The molecule has 0 saturated carbocycles. The molecular formula is C18H16N4O2S. The summed E-state index contributed by atoms with van der Waals surface area (Å²) in [5.41, 5.74) is 3.00. The Labute approximate surface area is 149 Å². The van der Waals surface area contributed by atoms with Crippen LogP contribution in [0.2, 0.25) is 0 Å². The van der Waals surface area contributed by atoms with Gasteiger partial charge in [0.1, 0.15) is 0 Å². The van der Waals surface area contributed by atoms with Gasteiger partial charge in [0.05, 0.1) is 11.3 Å². The van der Waals surface area contributed by atoms with E-state index >= 15 is 0 Å². The zero-order chi connectivity index (χ0) is 17.1. The van der Waals surface area contributed by atoms with Gasteiger partial charge in [-0.15, -0.1) is 10.2 Å². The molecule has 0 bridgehead atoms. The molecule has 25 heavy (non-hydrogen) atoms. The number of hydrogen-bond acceptors (Lipinski definition) is 6. The van der Waals surface area contributed by atoms with Gasteiger partial charge in [-0.25, -0.2) is 0 Å². The number of rotatable bonds is 4. The molecule has 0 saturated heterocycles. The third-order valence-corrected chi connectivity index (χ3v) is 4.85. The number of amides is 1. The van der Waals surface area contributed by atoms with Crippen LogP contribution in [0.3, 0.4) is 0 Å². The standard InChI is InChI=1S/C18H16N4O2S/c23-16(22-10-4-7-13-5-1-2-8-15(13)22)12-25-18-21-20-17(24-18)14-6-3-9-19-11-14/h1-3,5-6,8-9,11H,4,7,10,12H2. The van der Waals surface area contributed by atoms with E-state index < -0.39 is 0 Å². The molecule has 0 atom stereocenters. The highest BCUT2D eigenvalue weighted by atomic mass is 32.2. The number of nitrogens with zero attached hydrogens (tertiary/aromatic N) is 4. The second-order valence-electron chi connectivity index (χ2n) is 5.68. The quantitative estimate of drug-likeness (QED) is 0.672. The number of aromatic nitrogens is 3. The Kier molecular flexibility index (Phi) is 4.47. The number of aryl methyl sites for hydroxylation is 1. The molecule has 2 aromatic heterocycles. The van der Waals surface area contributed by atoms with Crippen LogP contribution in [0.1, 0.15) is 12.0 Å². The van der Waals surface area contributed by atoms with Crippen LogP contribution in [-0.4, -0.2) is 33.4 Å². The predicted molar refractivity (Wildman–Crippen MR) is 95.4 cm³/mol. The lowest BCUT2D eigenvalue weighted by molar-refractivity contribution is -0.116. The van der Waals surface area contributed by atoms with E-state index in [-0.39, 0.29) is 11.7 Å². The molecule has 6 nitrogen and oxygen atoms in total. The largest absolute Gasteiger partial charge is 0.411 e. The van der Waals surface area contributed by atoms with E-state index in [4.69, 9.17) is 4.42 Å². The summed E-state index contributed by atoms with van der Waals surface area (Å²) in [5.74, 6) is 0.730. The summed E-state index contributed by atoms with van der Waals surface area (Å²) in [7, 11) is 0. The normalized spacial score (nSPS) is 13.5. The number of hydrogen-bond donors (Lipinski definition) is 0. The average molecular weight is 352 g/mol. The Balaban J connectivity index is 1.42. The first-order chi connectivity index (χ1) is 12.3. The summed E-state index contributed by atoms with van der Waals surface area (Å²) in [5, 5.41) is 8.40. The Morgan fingerprint density at radius 2 is 2.12 bits per heavy atom. The van der Waals surface area contributed by atoms with Crippen LogP contribution >= 0.6 is 11.8 Å². The fourth-order valence-electron chi connectivity index (χ4n) is 2.87. The number of fused-ring (bicyclic) bond motifs is 1. The minimum absolute atomic E-state index is 0.0540. The minimum Gasteiger partial charge on any atom is -0.411 e. The van der Waals surface area contributed by atoms with Gasteiger partial charge in [0.25, 0.3) is 5.22 Å². The van der Waals surface area contributed by atoms with Gasteiger partial charge in [-0.1, -0.05) is 30.0 Å². The molecular weight excluding hydrogens is 336 g/mol. The second-order valence-corrected chi connectivity index (χ2v) is 6.61. The summed E-state index contributed by atoms with van der Waals surface area (Å²) in [6.07, 6.45) is 5.35. The number of benzene rings is 1. The van der Waals surface area contributed by atoms with Crippen molar-refractivity contribution in [1.29, 1.82) is 0 Å². The van der Waals surface area contributed by atoms with Gasteiger partial charge in [0.15, 0.2) is 0 Å². The van der Waals surface area contributed by atoms with E-state index in [0.717, 1.165) is 30.6 Å². The molecule has 1 amide bonds. The first-order valence-electron chi connectivity index (χ1n) is 8.06. The van der Waals surface area contributed by atoms with Crippen LogP contribution in [0.5, 0.6) is 0 Å². The molecule has 0 unspecified atom stereocenters. The van der Waals surface area contributed by atoms with Gasteiger partial charge < -0.3 is 9.32 Å². The van der Waals surface area contributed by atoms with Gasteiger partial charge in [-0.3, -0.25) is 9.78 Å². The Hall–Kier alpha value is -2.67. The van der Waals surface area contributed by atoms with Crippen LogP contribution in [0, 0.1) is 0 Å². The predicted octanol–water partition coefficient (Wildman–Crippen LogP) is 3.20. The van der Waals surface area contributed by atoms with Crippen LogP contribution in [0.15, 0.2) is 58.4 Å². The Morgan fingerprint density at radius 3 is 3.00 bits per heavy atom. The first kappa shape index (κ1) is 15.8. The zero-order valence-electron chi connectivity index (χ0n) is 13.5. The summed E-state index contributed by atoms with van der Waals surface area (Å²) < 4.78 is 5.61. The van der Waals surface area contributed by atoms with Crippen LogP contribution < -0.4 is 4.90 Å². The Morgan fingerprint density at radius 1 is 1.20 bits per heavy atom. The van der Waals surface area contributed by atoms with Crippen molar-refractivity contribution in [2.24, 2.45) is 0 Å². The van der Waals surface area contributed by atoms with Crippen molar-refractivity contribution in [2.45, 2.75) is 18.1 Å². The van der Waals surface area contributed by atoms with E-state index in [1.807, 2.05) is 35.2 Å². The summed E-state index contributed by atoms with van der Waals surface area (Å²) in [6, 6.07) is 11.7. The van der Waals surface area contributed by atoms with Crippen LogP contribution in [0.25, 0.3) is 11.5 Å². The van der Waals surface area contributed by atoms with Crippen molar-refractivity contribution in [3.63, 3.8) is 0 Å². The fourth-order valence-corrected chi connectivity index (χ4v) is 3.51. The molecule has 4 rings (SSSR count). The smallest absolute Gasteiger partial charge is 0.277 e. The van der Waals surface area contributed by atoms with Crippen molar-refractivity contribution in [1.82, 2.24) is 15.2 Å². The monoisotopic (exact) mass is 352 g/mol. The minimum atomic E-state index is 0.0540. The number of carbonyl (C=O) groups excluding carboxylic acids is 1. The van der Waals surface area contributed by atoms with Gasteiger partial charge in [0, 0.05) is 24.6 Å². The number of para-hydroxylation sites is 1.